The molecule has 1 aromatic carbocycles. The second kappa shape index (κ2) is 8.18. The van der Waals surface area contributed by atoms with Crippen molar-refractivity contribution < 1.29 is 4.79 Å². The zero-order valence-electron chi connectivity index (χ0n) is 13.3. The highest BCUT2D eigenvalue weighted by atomic mass is 16.2. The minimum Gasteiger partial charge on any atom is -0.345 e. The number of rotatable bonds is 6. The number of nitrogens with one attached hydrogen (secondary N) is 1. The topological polar surface area (TPSA) is 32.3 Å². The molecule has 1 aliphatic rings. The van der Waals surface area contributed by atoms with Gasteiger partial charge in [0.15, 0.2) is 0 Å². The molecule has 3 heteroatoms. The summed E-state index contributed by atoms with van der Waals surface area (Å²) in [7, 11) is 1.93. The number of likely N-dealkylation sites (N-methyl/N-ethyl adjacent to an activating group) is 1. The molecule has 1 heterocycles. The molecule has 2 rings (SSSR count). The fourth-order valence-electron chi connectivity index (χ4n) is 3.09. The lowest BCUT2D eigenvalue weighted by atomic mass is 9.93. The Morgan fingerprint density at radius 2 is 1.95 bits per heavy atom. The van der Waals surface area contributed by atoms with Crippen LogP contribution in [0.25, 0.3) is 0 Å². The van der Waals surface area contributed by atoms with Gasteiger partial charge in [-0.15, -0.1) is 0 Å². The Labute approximate surface area is 128 Å². The Morgan fingerprint density at radius 1 is 1.29 bits per heavy atom. The van der Waals surface area contributed by atoms with Crippen LogP contribution in [0.5, 0.6) is 0 Å². The summed E-state index contributed by atoms with van der Waals surface area (Å²) in [6.07, 6.45) is 4.18. The third kappa shape index (κ3) is 5.16. The minimum absolute atomic E-state index is 0.288. The summed E-state index contributed by atoms with van der Waals surface area (Å²) >= 11 is 0. The summed E-state index contributed by atoms with van der Waals surface area (Å²) in [4.78, 5) is 14.2. The standard InChI is InChI=1S/C18H28N2O/c1-15(17-6-4-3-5-7-17)14-20(2)18(21)9-8-16-10-12-19-13-11-16/h3-7,15-16,19H,8-14H2,1-2H3. The molecule has 3 nitrogen and oxygen atoms in total. The molecular formula is C18H28N2O. The first-order chi connectivity index (χ1) is 10.2. The van der Waals surface area contributed by atoms with Gasteiger partial charge in [0, 0.05) is 20.0 Å². The quantitative estimate of drug-likeness (QED) is 0.872. The van der Waals surface area contributed by atoms with Crippen molar-refractivity contribution in [3.63, 3.8) is 0 Å². The van der Waals surface area contributed by atoms with Gasteiger partial charge >= 0.3 is 0 Å². The van der Waals surface area contributed by atoms with Crippen LogP contribution in [0.4, 0.5) is 0 Å². The van der Waals surface area contributed by atoms with Crippen LogP contribution >= 0.6 is 0 Å². The molecule has 1 aliphatic heterocycles. The Kier molecular flexibility index (Phi) is 6.24. The summed E-state index contributed by atoms with van der Waals surface area (Å²) in [6, 6.07) is 10.4. The summed E-state index contributed by atoms with van der Waals surface area (Å²) in [5.74, 6) is 1.41. The highest BCUT2D eigenvalue weighted by Crippen LogP contribution is 2.19. The number of nitrogens with zero attached hydrogens (tertiary/aromatic N) is 1. The van der Waals surface area contributed by atoms with Crippen LogP contribution in [0.3, 0.4) is 0 Å². The average Bonchev–Trinajstić information content (AvgIpc) is 2.54. The molecule has 1 aromatic rings. The van der Waals surface area contributed by atoms with Crippen LogP contribution in [0.1, 0.15) is 44.1 Å². The molecule has 0 aliphatic carbocycles. The van der Waals surface area contributed by atoms with Crippen LogP contribution in [-0.4, -0.2) is 37.5 Å². The van der Waals surface area contributed by atoms with Crippen molar-refractivity contribution in [2.45, 2.75) is 38.5 Å². The van der Waals surface area contributed by atoms with E-state index in [1.165, 1.54) is 18.4 Å². The first-order valence-corrected chi connectivity index (χ1v) is 8.16. The molecular weight excluding hydrogens is 260 g/mol. The van der Waals surface area contributed by atoms with Gasteiger partial charge in [-0.25, -0.2) is 0 Å². The van der Waals surface area contributed by atoms with E-state index in [-0.39, 0.29) is 5.91 Å². The van der Waals surface area contributed by atoms with Crippen molar-refractivity contribution in [3.05, 3.63) is 35.9 Å². The lowest BCUT2D eigenvalue weighted by Crippen LogP contribution is -2.32. The van der Waals surface area contributed by atoms with E-state index in [2.05, 4.69) is 36.5 Å². The van der Waals surface area contributed by atoms with E-state index in [0.717, 1.165) is 32.0 Å². The van der Waals surface area contributed by atoms with Gasteiger partial charge in [0.05, 0.1) is 0 Å². The molecule has 21 heavy (non-hydrogen) atoms. The summed E-state index contributed by atoms with van der Waals surface area (Å²) in [5.41, 5.74) is 1.30. The monoisotopic (exact) mass is 288 g/mol. The normalized spacial score (nSPS) is 17.4. The van der Waals surface area contributed by atoms with E-state index in [0.29, 0.717) is 12.3 Å². The zero-order valence-corrected chi connectivity index (χ0v) is 13.3. The lowest BCUT2D eigenvalue weighted by molar-refractivity contribution is -0.130. The number of amides is 1. The lowest BCUT2D eigenvalue weighted by Gasteiger charge is -2.25. The van der Waals surface area contributed by atoms with Crippen LogP contribution < -0.4 is 5.32 Å². The highest BCUT2D eigenvalue weighted by molar-refractivity contribution is 5.75. The molecule has 1 atom stereocenters. The van der Waals surface area contributed by atoms with Crippen molar-refractivity contribution in [3.8, 4) is 0 Å². The number of hydrogen-bond donors (Lipinski definition) is 1. The molecule has 1 saturated heterocycles. The Balaban J connectivity index is 1.74. The maximum atomic E-state index is 12.3. The van der Waals surface area contributed by atoms with Gasteiger partial charge in [-0.1, -0.05) is 37.3 Å². The van der Waals surface area contributed by atoms with Crippen molar-refractivity contribution >= 4 is 5.91 Å². The first-order valence-electron chi connectivity index (χ1n) is 8.16. The predicted molar refractivity (Wildman–Crippen MR) is 87.3 cm³/mol. The Morgan fingerprint density at radius 3 is 2.62 bits per heavy atom. The summed E-state index contributed by atoms with van der Waals surface area (Å²) < 4.78 is 0. The van der Waals surface area contributed by atoms with Crippen molar-refractivity contribution in [1.29, 1.82) is 0 Å². The Bertz CT molecular complexity index is 426. The molecule has 1 unspecified atom stereocenters. The smallest absolute Gasteiger partial charge is 0.222 e. The molecule has 0 bridgehead atoms. The molecule has 0 saturated carbocycles. The summed E-state index contributed by atoms with van der Waals surface area (Å²) in [5, 5.41) is 3.37. The van der Waals surface area contributed by atoms with Gasteiger partial charge in [0.1, 0.15) is 0 Å². The number of carbonyl (C=O) groups is 1. The average molecular weight is 288 g/mol. The maximum Gasteiger partial charge on any atom is 0.222 e. The van der Waals surface area contributed by atoms with E-state index < -0.39 is 0 Å². The number of hydrogen-bond acceptors (Lipinski definition) is 2. The van der Waals surface area contributed by atoms with Gasteiger partial charge < -0.3 is 10.2 Å². The number of carbonyl (C=O) groups excluding carboxylic acids is 1. The molecule has 1 N–H and O–H groups in total. The first kappa shape index (κ1) is 16.0. The van der Waals surface area contributed by atoms with Gasteiger partial charge in [-0.3, -0.25) is 4.79 Å². The van der Waals surface area contributed by atoms with E-state index in [1.54, 1.807) is 0 Å². The third-order valence-corrected chi connectivity index (χ3v) is 4.57. The second-order valence-electron chi connectivity index (χ2n) is 6.32. The van der Waals surface area contributed by atoms with Crippen molar-refractivity contribution in [2.75, 3.05) is 26.7 Å². The molecule has 0 spiro atoms. The zero-order chi connectivity index (χ0) is 15.1. The second-order valence-corrected chi connectivity index (χ2v) is 6.32. The summed E-state index contributed by atoms with van der Waals surface area (Å²) in [6.45, 7) is 5.21. The fraction of sp³-hybridized carbons (Fsp3) is 0.611. The molecule has 116 valence electrons. The van der Waals surface area contributed by atoms with Crippen LogP contribution in [0.2, 0.25) is 0 Å². The van der Waals surface area contributed by atoms with E-state index in [4.69, 9.17) is 0 Å². The molecule has 0 aromatic heterocycles. The third-order valence-electron chi connectivity index (χ3n) is 4.57. The largest absolute Gasteiger partial charge is 0.345 e. The molecule has 1 amide bonds. The van der Waals surface area contributed by atoms with E-state index >= 15 is 0 Å². The van der Waals surface area contributed by atoms with Crippen LogP contribution in [0, 0.1) is 5.92 Å². The number of piperidine rings is 1. The SMILES string of the molecule is CC(CN(C)C(=O)CCC1CCNCC1)c1ccccc1. The minimum atomic E-state index is 0.288. The van der Waals surface area contributed by atoms with Crippen LogP contribution in [0.15, 0.2) is 30.3 Å². The van der Waals surface area contributed by atoms with Gasteiger partial charge in [0.2, 0.25) is 5.91 Å². The highest BCUT2D eigenvalue weighted by Gasteiger charge is 2.17. The van der Waals surface area contributed by atoms with Crippen LogP contribution in [-0.2, 0) is 4.79 Å². The Hall–Kier alpha value is -1.35. The fourth-order valence-corrected chi connectivity index (χ4v) is 3.09. The van der Waals surface area contributed by atoms with E-state index in [1.807, 2.05) is 18.0 Å². The maximum absolute atomic E-state index is 12.3. The van der Waals surface area contributed by atoms with Crippen molar-refractivity contribution in [1.82, 2.24) is 10.2 Å². The van der Waals surface area contributed by atoms with Crippen molar-refractivity contribution in [2.24, 2.45) is 5.92 Å². The number of benzene rings is 1. The predicted octanol–water partition coefficient (Wildman–Crippen LogP) is 3.03. The van der Waals surface area contributed by atoms with Gasteiger partial charge in [0.25, 0.3) is 0 Å². The van der Waals surface area contributed by atoms with Gasteiger partial charge in [-0.2, -0.15) is 0 Å². The van der Waals surface area contributed by atoms with Gasteiger partial charge in [-0.05, 0) is 49.8 Å². The van der Waals surface area contributed by atoms with E-state index in [9.17, 15) is 4.79 Å². The molecule has 0 radical (unpaired) electrons. The molecule has 1 fully saturated rings.